The molecule has 0 saturated carbocycles. The standard InChI is InChI=1S/C27H29N3O2.ClH/c1-3-29-14-7-10-25-24(18-29)23-12-11-21(16-26(23)28(25)2)30-15-13-22(17-27(30)31)32-19-20-8-5-4-6-9-20;/h4-6,8-9,11-13,15-17H,3,7,10,14,18-19H2,1-2H3;1H. The minimum absolute atomic E-state index is 0. The lowest BCUT2D eigenvalue weighted by Gasteiger charge is -2.17. The van der Waals surface area contributed by atoms with Gasteiger partial charge in [0.2, 0.25) is 0 Å². The van der Waals surface area contributed by atoms with Crippen molar-refractivity contribution in [1.29, 1.82) is 0 Å². The topological polar surface area (TPSA) is 39.4 Å². The van der Waals surface area contributed by atoms with Crippen LogP contribution in [-0.4, -0.2) is 27.1 Å². The number of ether oxygens (including phenoxy) is 1. The largest absolute Gasteiger partial charge is 0.489 e. The van der Waals surface area contributed by atoms with Gasteiger partial charge in [-0.2, -0.15) is 0 Å². The summed E-state index contributed by atoms with van der Waals surface area (Å²) in [6.07, 6.45) is 4.08. The van der Waals surface area contributed by atoms with Crippen molar-refractivity contribution < 1.29 is 4.74 Å². The molecular weight excluding hydrogens is 434 g/mol. The molecule has 0 radical (unpaired) electrons. The van der Waals surface area contributed by atoms with Gasteiger partial charge in [-0.05, 0) is 55.3 Å². The molecule has 0 saturated heterocycles. The van der Waals surface area contributed by atoms with Gasteiger partial charge in [0.15, 0.2) is 0 Å². The van der Waals surface area contributed by atoms with Gasteiger partial charge in [-0.25, -0.2) is 0 Å². The molecule has 0 fully saturated rings. The second kappa shape index (κ2) is 9.86. The highest BCUT2D eigenvalue weighted by Gasteiger charge is 2.20. The summed E-state index contributed by atoms with van der Waals surface area (Å²) in [4.78, 5) is 15.4. The Morgan fingerprint density at radius 3 is 2.61 bits per heavy atom. The minimum atomic E-state index is -0.0946. The van der Waals surface area contributed by atoms with Crippen LogP contribution in [0.1, 0.15) is 30.2 Å². The van der Waals surface area contributed by atoms with Gasteiger partial charge >= 0.3 is 0 Å². The number of benzene rings is 2. The van der Waals surface area contributed by atoms with Gasteiger partial charge in [-0.15, -0.1) is 12.4 Å². The van der Waals surface area contributed by atoms with Crippen molar-refractivity contribution in [2.75, 3.05) is 13.1 Å². The highest BCUT2D eigenvalue weighted by atomic mass is 35.5. The molecule has 0 N–H and O–H groups in total. The summed E-state index contributed by atoms with van der Waals surface area (Å²) in [5.41, 5.74) is 5.90. The number of aryl methyl sites for hydroxylation is 1. The van der Waals surface area contributed by atoms with E-state index >= 15 is 0 Å². The van der Waals surface area contributed by atoms with Crippen LogP contribution in [0.4, 0.5) is 0 Å². The Labute approximate surface area is 200 Å². The van der Waals surface area contributed by atoms with Crippen LogP contribution in [0.25, 0.3) is 16.6 Å². The average Bonchev–Trinajstić information content (AvgIpc) is 2.96. The van der Waals surface area contributed by atoms with E-state index in [-0.39, 0.29) is 18.0 Å². The zero-order valence-electron chi connectivity index (χ0n) is 19.2. The van der Waals surface area contributed by atoms with E-state index in [0.717, 1.165) is 37.3 Å². The van der Waals surface area contributed by atoms with Crippen molar-refractivity contribution in [1.82, 2.24) is 14.0 Å². The summed E-state index contributed by atoms with van der Waals surface area (Å²) in [7, 11) is 2.15. The third-order valence-electron chi connectivity index (χ3n) is 6.56. The van der Waals surface area contributed by atoms with Crippen LogP contribution >= 0.6 is 12.4 Å². The molecule has 0 amide bonds. The fourth-order valence-electron chi connectivity index (χ4n) is 4.75. The summed E-state index contributed by atoms with van der Waals surface area (Å²) < 4.78 is 9.82. The van der Waals surface area contributed by atoms with E-state index in [1.54, 1.807) is 16.8 Å². The molecule has 0 bridgehead atoms. The number of pyridine rings is 1. The average molecular weight is 464 g/mol. The molecule has 172 valence electrons. The van der Waals surface area contributed by atoms with Gasteiger partial charge in [0.25, 0.3) is 5.56 Å². The Morgan fingerprint density at radius 1 is 1.03 bits per heavy atom. The molecule has 0 atom stereocenters. The second-order valence-corrected chi connectivity index (χ2v) is 8.50. The summed E-state index contributed by atoms with van der Waals surface area (Å²) in [5.74, 6) is 0.585. The van der Waals surface area contributed by atoms with Crippen LogP contribution in [0.3, 0.4) is 0 Å². The number of aromatic nitrogens is 2. The van der Waals surface area contributed by atoms with Crippen molar-refractivity contribution in [3.63, 3.8) is 0 Å². The zero-order chi connectivity index (χ0) is 22.1. The quantitative estimate of drug-likeness (QED) is 0.413. The molecule has 4 aromatic rings. The molecule has 1 aliphatic rings. The van der Waals surface area contributed by atoms with Gasteiger partial charge in [0, 0.05) is 36.9 Å². The van der Waals surface area contributed by atoms with E-state index in [4.69, 9.17) is 4.74 Å². The number of rotatable bonds is 5. The van der Waals surface area contributed by atoms with Crippen LogP contribution in [0.5, 0.6) is 5.75 Å². The molecule has 6 heteroatoms. The molecule has 0 spiro atoms. The lowest BCUT2D eigenvalue weighted by atomic mass is 10.1. The van der Waals surface area contributed by atoms with E-state index in [9.17, 15) is 4.79 Å². The molecule has 0 unspecified atom stereocenters. The number of halogens is 1. The Morgan fingerprint density at radius 2 is 1.85 bits per heavy atom. The Hall–Kier alpha value is -3.02. The minimum Gasteiger partial charge on any atom is -0.489 e. The van der Waals surface area contributed by atoms with Crippen LogP contribution in [0.15, 0.2) is 71.7 Å². The lowest BCUT2D eigenvalue weighted by molar-refractivity contribution is 0.285. The maximum atomic E-state index is 12.9. The molecule has 5 rings (SSSR count). The second-order valence-electron chi connectivity index (χ2n) is 8.50. The molecule has 33 heavy (non-hydrogen) atoms. The summed E-state index contributed by atoms with van der Waals surface area (Å²) >= 11 is 0. The Bertz CT molecular complexity index is 1310. The lowest BCUT2D eigenvalue weighted by Crippen LogP contribution is -2.22. The smallest absolute Gasteiger partial charge is 0.258 e. The highest BCUT2D eigenvalue weighted by molar-refractivity contribution is 5.87. The van der Waals surface area contributed by atoms with Crippen LogP contribution < -0.4 is 10.3 Å². The van der Waals surface area contributed by atoms with Crippen molar-refractivity contribution >= 4 is 23.3 Å². The van der Waals surface area contributed by atoms with Crippen molar-refractivity contribution in [2.24, 2.45) is 7.05 Å². The Balaban J connectivity index is 0.00000259. The van der Waals surface area contributed by atoms with Gasteiger partial charge in [0.05, 0.1) is 11.2 Å². The number of hydrogen-bond acceptors (Lipinski definition) is 3. The van der Waals surface area contributed by atoms with E-state index in [1.165, 1.54) is 28.6 Å². The first-order chi connectivity index (χ1) is 15.6. The molecule has 3 heterocycles. The van der Waals surface area contributed by atoms with Crippen molar-refractivity contribution in [3.8, 4) is 11.4 Å². The first-order valence-electron chi connectivity index (χ1n) is 11.4. The maximum absolute atomic E-state index is 12.9. The van der Waals surface area contributed by atoms with Gasteiger partial charge < -0.3 is 9.30 Å². The molecule has 2 aromatic heterocycles. The van der Waals surface area contributed by atoms with E-state index in [2.05, 4.69) is 41.6 Å². The summed E-state index contributed by atoms with van der Waals surface area (Å²) in [5, 5.41) is 1.29. The monoisotopic (exact) mass is 463 g/mol. The van der Waals surface area contributed by atoms with Gasteiger partial charge in [-0.3, -0.25) is 14.3 Å². The van der Waals surface area contributed by atoms with Crippen LogP contribution in [-0.2, 0) is 26.6 Å². The molecule has 1 aliphatic heterocycles. The fourth-order valence-corrected chi connectivity index (χ4v) is 4.75. The van der Waals surface area contributed by atoms with E-state index in [0.29, 0.717) is 12.4 Å². The third kappa shape index (κ3) is 4.56. The number of nitrogens with zero attached hydrogens (tertiary/aromatic N) is 3. The fraction of sp³-hybridized carbons (Fsp3) is 0.296. The highest BCUT2D eigenvalue weighted by Crippen LogP contribution is 2.31. The van der Waals surface area contributed by atoms with Crippen LogP contribution in [0, 0.1) is 0 Å². The molecule has 2 aromatic carbocycles. The molecule has 0 aliphatic carbocycles. The Kier molecular flexibility index (Phi) is 6.91. The summed E-state index contributed by atoms with van der Waals surface area (Å²) in [6, 6.07) is 19.7. The van der Waals surface area contributed by atoms with Crippen molar-refractivity contribution in [2.45, 2.75) is 32.9 Å². The first-order valence-corrected chi connectivity index (χ1v) is 11.4. The van der Waals surface area contributed by atoms with Crippen molar-refractivity contribution in [3.05, 3.63) is 94.0 Å². The summed E-state index contributed by atoms with van der Waals surface area (Å²) in [6.45, 7) is 5.89. The normalized spacial score (nSPS) is 13.9. The van der Waals surface area contributed by atoms with Crippen LogP contribution in [0.2, 0.25) is 0 Å². The first kappa shape index (κ1) is 23.1. The SMILES string of the molecule is CCN1CCCc2c(c3ccc(-n4ccc(OCc5ccccc5)cc4=O)cc3n2C)C1.Cl. The van der Waals surface area contributed by atoms with E-state index in [1.807, 2.05) is 36.4 Å². The maximum Gasteiger partial charge on any atom is 0.258 e. The number of fused-ring (bicyclic) bond motifs is 3. The van der Waals surface area contributed by atoms with Gasteiger partial charge in [-0.1, -0.05) is 43.3 Å². The number of hydrogen-bond donors (Lipinski definition) is 0. The molecular formula is C27H30ClN3O2. The predicted molar refractivity (Wildman–Crippen MR) is 136 cm³/mol. The van der Waals surface area contributed by atoms with Gasteiger partial charge in [0.1, 0.15) is 12.4 Å². The third-order valence-corrected chi connectivity index (χ3v) is 6.56. The zero-order valence-corrected chi connectivity index (χ0v) is 20.0. The molecule has 5 nitrogen and oxygen atoms in total. The predicted octanol–water partition coefficient (Wildman–Crippen LogP) is 5.10. The van der Waals surface area contributed by atoms with E-state index < -0.39 is 0 Å².